The number of rotatable bonds is 7. The van der Waals surface area contributed by atoms with E-state index in [9.17, 15) is 0 Å². The molecule has 0 amide bonds. The van der Waals surface area contributed by atoms with Crippen LogP contribution in [0.25, 0.3) is 0 Å². The second-order valence-corrected chi connectivity index (χ2v) is 6.59. The second kappa shape index (κ2) is 8.15. The van der Waals surface area contributed by atoms with Crippen LogP contribution in [0.4, 0.5) is 0 Å². The molecule has 0 saturated heterocycles. The molecular formula is C15H17BrClNO2S. The maximum Gasteiger partial charge on any atom is 0.133 e. The lowest BCUT2D eigenvalue weighted by Crippen LogP contribution is -2.17. The molecule has 0 aliphatic carbocycles. The first-order valence-electron chi connectivity index (χ1n) is 6.48. The number of hydrogen-bond donors (Lipinski definition) is 1. The Hall–Kier alpha value is -0.590. The highest BCUT2D eigenvalue weighted by atomic mass is 79.9. The Balaban J connectivity index is 2.20. The minimum Gasteiger partial charge on any atom is -0.490 e. The summed E-state index contributed by atoms with van der Waals surface area (Å²) in [5.41, 5.74) is 1.13. The number of nitrogens with one attached hydrogen (secondary N) is 1. The lowest BCUT2D eigenvalue weighted by Gasteiger charge is -2.17. The van der Waals surface area contributed by atoms with Crippen LogP contribution in [-0.4, -0.2) is 27.4 Å². The zero-order valence-corrected chi connectivity index (χ0v) is 15.0. The van der Waals surface area contributed by atoms with E-state index in [4.69, 9.17) is 21.1 Å². The standard InChI is InChI=1S/C15H17BrClNO2S/c1-18-14(15-12(17)5-8-21-15)10-3-4-13(11(16)9-10)20-7-6-19-2/h3-5,8-9,14,18H,6-7H2,1-2H3. The molecule has 0 aliphatic rings. The third-order valence-electron chi connectivity index (χ3n) is 3.03. The predicted octanol–water partition coefficient (Wildman–Crippen LogP) is 4.50. The van der Waals surface area contributed by atoms with Crippen molar-refractivity contribution in [3.63, 3.8) is 0 Å². The van der Waals surface area contributed by atoms with Gasteiger partial charge >= 0.3 is 0 Å². The Kier molecular flexibility index (Phi) is 6.51. The Morgan fingerprint density at radius 1 is 1.33 bits per heavy atom. The minimum absolute atomic E-state index is 0.0711. The molecule has 0 spiro atoms. The van der Waals surface area contributed by atoms with Gasteiger partial charge in [-0.15, -0.1) is 11.3 Å². The van der Waals surface area contributed by atoms with Gasteiger partial charge in [0.1, 0.15) is 12.4 Å². The van der Waals surface area contributed by atoms with Gasteiger partial charge in [-0.2, -0.15) is 0 Å². The van der Waals surface area contributed by atoms with E-state index in [1.54, 1.807) is 18.4 Å². The van der Waals surface area contributed by atoms with Crippen molar-refractivity contribution in [3.8, 4) is 5.75 Å². The number of methoxy groups -OCH3 is 1. The summed E-state index contributed by atoms with van der Waals surface area (Å²) < 4.78 is 11.5. The normalized spacial score (nSPS) is 12.4. The number of ether oxygens (including phenoxy) is 2. The highest BCUT2D eigenvalue weighted by Gasteiger charge is 2.17. The van der Waals surface area contributed by atoms with Crippen LogP contribution in [0.3, 0.4) is 0 Å². The summed E-state index contributed by atoms with van der Waals surface area (Å²) in [7, 11) is 3.58. The summed E-state index contributed by atoms with van der Waals surface area (Å²) in [6, 6.07) is 8.05. The first-order chi connectivity index (χ1) is 10.2. The van der Waals surface area contributed by atoms with E-state index in [1.165, 1.54) is 0 Å². The van der Waals surface area contributed by atoms with Gasteiger partial charge in [-0.05, 0) is 52.1 Å². The zero-order valence-electron chi connectivity index (χ0n) is 11.9. The fourth-order valence-corrected chi connectivity index (χ4v) is 3.82. The Morgan fingerprint density at radius 3 is 2.71 bits per heavy atom. The Bertz CT molecular complexity index is 591. The van der Waals surface area contributed by atoms with Crippen molar-refractivity contribution in [1.29, 1.82) is 0 Å². The lowest BCUT2D eigenvalue weighted by atomic mass is 10.1. The molecule has 3 nitrogen and oxygen atoms in total. The van der Waals surface area contributed by atoms with E-state index in [1.807, 2.05) is 30.6 Å². The van der Waals surface area contributed by atoms with Gasteiger partial charge in [0.2, 0.25) is 0 Å². The number of benzene rings is 1. The summed E-state index contributed by atoms with van der Waals surface area (Å²) in [6.45, 7) is 1.10. The smallest absolute Gasteiger partial charge is 0.133 e. The molecule has 114 valence electrons. The van der Waals surface area contributed by atoms with Gasteiger partial charge < -0.3 is 14.8 Å². The molecule has 6 heteroatoms. The van der Waals surface area contributed by atoms with Crippen molar-refractivity contribution in [3.05, 3.63) is 49.6 Å². The molecule has 1 aromatic heterocycles. The highest BCUT2D eigenvalue weighted by molar-refractivity contribution is 9.10. The van der Waals surface area contributed by atoms with Crippen LogP contribution < -0.4 is 10.1 Å². The van der Waals surface area contributed by atoms with E-state index < -0.39 is 0 Å². The highest BCUT2D eigenvalue weighted by Crippen LogP contribution is 2.35. The lowest BCUT2D eigenvalue weighted by molar-refractivity contribution is 0.146. The van der Waals surface area contributed by atoms with Crippen molar-refractivity contribution in [2.24, 2.45) is 0 Å². The Labute approximate surface area is 142 Å². The van der Waals surface area contributed by atoms with Crippen LogP contribution in [0.1, 0.15) is 16.5 Å². The molecule has 1 N–H and O–H groups in total. The van der Waals surface area contributed by atoms with Crippen LogP contribution in [0.5, 0.6) is 5.75 Å². The molecule has 0 radical (unpaired) electrons. The predicted molar refractivity (Wildman–Crippen MR) is 91.7 cm³/mol. The van der Waals surface area contributed by atoms with E-state index in [0.717, 1.165) is 25.7 Å². The van der Waals surface area contributed by atoms with E-state index in [0.29, 0.717) is 13.2 Å². The molecule has 2 rings (SSSR count). The third kappa shape index (κ3) is 4.20. The van der Waals surface area contributed by atoms with Crippen LogP contribution >= 0.6 is 38.9 Å². The van der Waals surface area contributed by atoms with Crippen LogP contribution in [0.15, 0.2) is 34.1 Å². The fraction of sp³-hybridized carbons (Fsp3) is 0.333. The Morgan fingerprint density at radius 2 is 2.14 bits per heavy atom. The topological polar surface area (TPSA) is 30.5 Å². The van der Waals surface area contributed by atoms with Crippen molar-refractivity contribution in [2.45, 2.75) is 6.04 Å². The quantitative estimate of drug-likeness (QED) is 0.706. The van der Waals surface area contributed by atoms with Gasteiger partial charge in [0, 0.05) is 12.0 Å². The molecule has 0 aliphatic heterocycles. The molecule has 1 aromatic carbocycles. The van der Waals surface area contributed by atoms with Crippen LogP contribution in [-0.2, 0) is 4.74 Å². The van der Waals surface area contributed by atoms with Crippen molar-refractivity contribution < 1.29 is 9.47 Å². The van der Waals surface area contributed by atoms with Crippen LogP contribution in [0, 0.1) is 0 Å². The molecular weight excluding hydrogens is 374 g/mol. The average molecular weight is 391 g/mol. The molecule has 1 atom stereocenters. The number of thiophene rings is 1. The molecule has 0 fully saturated rings. The molecule has 1 heterocycles. The number of halogens is 2. The van der Waals surface area contributed by atoms with Gasteiger partial charge in [0.05, 0.1) is 22.1 Å². The van der Waals surface area contributed by atoms with E-state index in [-0.39, 0.29) is 6.04 Å². The fourth-order valence-electron chi connectivity index (χ4n) is 2.01. The molecule has 0 bridgehead atoms. The largest absolute Gasteiger partial charge is 0.490 e. The van der Waals surface area contributed by atoms with Crippen molar-refractivity contribution in [1.82, 2.24) is 5.32 Å². The van der Waals surface area contributed by atoms with E-state index in [2.05, 4.69) is 27.3 Å². The summed E-state index contributed by atoms with van der Waals surface area (Å²) in [5.74, 6) is 0.808. The number of hydrogen-bond acceptors (Lipinski definition) is 4. The summed E-state index contributed by atoms with van der Waals surface area (Å²) in [4.78, 5) is 1.11. The maximum atomic E-state index is 6.24. The van der Waals surface area contributed by atoms with Gasteiger partial charge in [0.25, 0.3) is 0 Å². The average Bonchev–Trinajstić information content (AvgIpc) is 2.89. The maximum absolute atomic E-state index is 6.24. The van der Waals surface area contributed by atoms with Gasteiger partial charge in [-0.25, -0.2) is 0 Å². The first-order valence-corrected chi connectivity index (χ1v) is 8.53. The minimum atomic E-state index is 0.0711. The summed E-state index contributed by atoms with van der Waals surface area (Å²) >= 11 is 11.4. The monoisotopic (exact) mass is 389 g/mol. The van der Waals surface area contributed by atoms with Crippen LogP contribution in [0.2, 0.25) is 5.02 Å². The van der Waals surface area contributed by atoms with Crippen molar-refractivity contribution in [2.75, 3.05) is 27.4 Å². The second-order valence-electron chi connectivity index (χ2n) is 4.39. The zero-order chi connectivity index (χ0) is 15.2. The molecule has 1 unspecified atom stereocenters. The third-order valence-corrected chi connectivity index (χ3v) is 5.07. The molecule has 0 saturated carbocycles. The van der Waals surface area contributed by atoms with Gasteiger partial charge in [-0.1, -0.05) is 17.7 Å². The van der Waals surface area contributed by atoms with Gasteiger partial charge in [-0.3, -0.25) is 0 Å². The summed E-state index contributed by atoms with van der Waals surface area (Å²) in [6.07, 6.45) is 0. The molecule has 2 aromatic rings. The SMILES string of the molecule is CNC(c1ccc(OCCOC)c(Br)c1)c1sccc1Cl. The molecule has 21 heavy (non-hydrogen) atoms. The van der Waals surface area contributed by atoms with Crippen molar-refractivity contribution >= 4 is 38.9 Å². The summed E-state index contributed by atoms with van der Waals surface area (Å²) in [5, 5.41) is 6.09. The van der Waals surface area contributed by atoms with E-state index >= 15 is 0 Å². The van der Waals surface area contributed by atoms with Gasteiger partial charge in [0.15, 0.2) is 0 Å². The first kappa shape index (κ1) is 16.8.